The van der Waals surface area contributed by atoms with Gasteiger partial charge in [0.05, 0.1) is 13.2 Å². The highest BCUT2D eigenvalue weighted by atomic mass is 16.4. The molecule has 0 bridgehead atoms. The molecule has 5 N–H and O–H groups in total. The van der Waals surface area contributed by atoms with Crippen molar-refractivity contribution in [3.8, 4) is 0 Å². The van der Waals surface area contributed by atoms with Crippen LogP contribution in [0, 0.1) is 0 Å². The van der Waals surface area contributed by atoms with Crippen LogP contribution in [-0.4, -0.2) is 62.1 Å². The maximum Gasteiger partial charge on any atom is 0.317 e. The van der Waals surface area contributed by atoms with Crippen LogP contribution in [0.2, 0.25) is 0 Å². The Morgan fingerprint density at radius 3 is 1.93 bits per heavy atom. The highest BCUT2D eigenvalue weighted by molar-refractivity contribution is 5.68. The first kappa shape index (κ1) is 13.3. The van der Waals surface area contributed by atoms with E-state index in [1.165, 1.54) is 0 Å². The van der Waals surface area contributed by atoms with Gasteiger partial charge in [0.15, 0.2) is 0 Å². The molecule has 84 valence electrons. The Morgan fingerprint density at radius 1 is 0.929 bits per heavy atom. The Bertz CT molecular complexity index is 144. The molecule has 0 aliphatic rings. The van der Waals surface area contributed by atoms with Gasteiger partial charge in [0, 0.05) is 32.7 Å². The van der Waals surface area contributed by atoms with E-state index in [0.717, 1.165) is 19.6 Å². The van der Waals surface area contributed by atoms with Crippen LogP contribution < -0.4 is 16.0 Å². The minimum Gasteiger partial charge on any atom is -0.480 e. The third kappa shape index (κ3) is 11.3. The molecule has 0 unspecified atom stereocenters. The van der Waals surface area contributed by atoms with Crippen LogP contribution >= 0.6 is 0 Å². The Labute approximate surface area is 83.7 Å². The lowest BCUT2D eigenvalue weighted by Crippen LogP contribution is -2.34. The van der Waals surface area contributed by atoms with E-state index in [1.54, 1.807) is 0 Å². The van der Waals surface area contributed by atoms with Gasteiger partial charge in [0.1, 0.15) is 0 Å². The number of aliphatic hydroxyl groups is 1. The molecule has 14 heavy (non-hydrogen) atoms. The minimum absolute atomic E-state index is 0.00441. The lowest BCUT2D eigenvalue weighted by molar-refractivity contribution is -0.135. The van der Waals surface area contributed by atoms with Crippen molar-refractivity contribution in [2.75, 3.05) is 45.9 Å². The maximum atomic E-state index is 10.1. The van der Waals surface area contributed by atoms with Gasteiger partial charge in [0.2, 0.25) is 0 Å². The molecule has 0 heterocycles. The van der Waals surface area contributed by atoms with Crippen molar-refractivity contribution in [2.45, 2.75) is 0 Å². The Hall–Kier alpha value is -0.690. The topological polar surface area (TPSA) is 93.6 Å². The first-order valence-corrected chi connectivity index (χ1v) is 4.72. The molecule has 0 saturated carbocycles. The van der Waals surface area contributed by atoms with Crippen LogP contribution in [0.3, 0.4) is 0 Å². The second kappa shape index (κ2) is 10.4. The van der Waals surface area contributed by atoms with Crippen molar-refractivity contribution in [1.29, 1.82) is 0 Å². The monoisotopic (exact) mass is 205 g/mol. The third-order valence-electron chi connectivity index (χ3n) is 1.52. The number of hydrogen-bond acceptors (Lipinski definition) is 5. The second-order valence-electron chi connectivity index (χ2n) is 2.79. The van der Waals surface area contributed by atoms with Gasteiger partial charge in [-0.3, -0.25) is 4.79 Å². The van der Waals surface area contributed by atoms with Gasteiger partial charge in [-0.25, -0.2) is 0 Å². The van der Waals surface area contributed by atoms with E-state index in [1.807, 2.05) is 0 Å². The van der Waals surface area contributed by atoms with Gasteiger partial charge < -0.3 is 26.2 Å². The van der Waals surface area contributed by atoms with Crippen molar-refractivity contribution in [1.82, 2.24) is 16.0 Å². The predicted octanol–water partition coefficient (Wildman–Crippen LogP) is -2.17. The number of carboxylic acids is 1. The minimum atomic E-state index is -0.838. The van der Waals surface area contributed by atoms with E-state index < -0.39 is 5.97 Å². The molecule has 0 radical (unpaired) electrons. The molecule has 0 saturated heterocycles. The fraction of sp³-hybridized carbons (Fsp3) is 0.875. The molecular weight excluding hydrogens is 186 g/mol. The summed E-state index contributed by atoms with van der Waals surface area (Å²) in [5, 5.41) is 25.6. The molecule has 0 fully saturated rings. The first-order chi connectivity index (χ1) is 6.77. The van der Waals surface area contributed by atoms with E-state index in [0.29, 0.717) is 13.1 Å². The second-order valence-corrected chi connectivity index (χ2v) is 2.79. The van der Waals surface area contributed by atoms with Crippen LogP contribution in [0.1, 0.15) is 0 Å². The van der Waals surface area contributed by atoms with E-state index >= 15 is 0 Å². The van der Waals surface area contributed by atoms with Crippen LogP contribution in [0.4, 0.5) is 0 Å². The molecule has 0 atom stereocenters. The molecule has 6 nitrogen and oxygen atoms in total. The number of aliphatic carboxylic acids is 1. The van der Waals surface area contributed by atoms with Gasteiger partial charge >= 0.3 is 5.97 Å². The average molecular weight is 205 g/mol. The Morgan fingerprint density at radius 2 is 1.43 bits per heavy atom. The summed E-state index contributed by atoms with van der Waals surface area (Å²) >= 11 is 0. The number of nitrogens with one attached hydrogen (secondary N) is 3. The summed E-state index contributed by atoms with van der Waals surface area (Å²) in [6.45, 7) is 3.78. The van der Waals surface area contributed by atoms with Gasteiger partial charge in [-0.15, -0.1) is 0 Å². The standard InChI is InChI=1S/C8H19N3O3/c12-6-5-10-2-1-9-3-4-11-7-8(13)14/h9-12H,1-7H2,(H,13,14). The summed E-state index contributed by atoms with van der Waals surface area (Å²) in [6.07, 6.45) is 0. The van der Waals surface area contributed by atoms with Crippen LogP contribution in [0.25, 0.3) is 0 Å². The van der Waals surface area contributed by atoms with Crippen molar-refractivity contribution in [3.05, 3.63) is 0 Å². The largest absolute Gasteiger partial charge is 0.480 e. The van der Waals surface area contributed by atoms with Crippen LogP contribution in [0.15, 0.2) is 0 Å². The quantitative estimate of drug-likeness (QED) is 0.261. The zero-order valence-electron chi connectivity index (χ0n) is 8.25. The molecule has 0 aliphatic heterocycles. The molecule has 0 aromatic heterocycles. The van der Waals surface area contributed by atoms with E-state index in [-0.39, 0.29) is 13.2 Å². The van der Waals surface area contributed by atoms with Gasteiger partial charge in [-0.2, -0.15) is 0 Å². The summed E-state index contributed by atoms with van der Waals surface area (Å²) in [6, 6.07) is 0. The van der Waals surface area contributed by atoms with E-state index in [2.05, 4.69) is 16.0 Å². The normalized spacial score (nSPS) is 10.4. The van der Waals surface area contributed by atoms with Gasteiger partial charge in [0.25, 0.3) is 0 Å². The Balaban J connectivity index is 2.88. The zero-order chi connectivity index (χ0) is 10.6. The molecule has 0 aromatic carbocycles. The third-order valence-corrected chi connectivity index (χ3v) is 1.52. The molecule has 0 aromatic rings. The average Bonchev–Trinajstić information content (AvgIpc) is 2.15. The summed E-state index contributed by atoms with van der Waals surface area (Å²) in [7, 11) is 0. The van der Waals surface area contributed by atoms with Crippen LogP contribution in [0.5, 0.6) is 0 Å². The summed E-state index contributed by atoms with van der Waals surface area (Å²) in [4.78, 5) is 10.1. The zero-order valence-corrected chi connectivity index (χ0v) is 8.25. The number of hydrogen-bond donors (Lipinski definition) is 5. The van der Waals surface area contributed by atoms with Gasteiger partial charge in [-0.1, -0.05) is 0 Å². The number of carbonyl (C=O) groups is 1. The predicted molar refractivity (Wildman–Crippen MR) is 53.3 cm³/mol. The van der Waals surface area contributed by atoms with E-state index in [9.17, 15) is 4.79 Å². The molecule has 0 rings (SSSR count). The molecule has 6 heteroatoms. The first-order valence-electron chi connectivity index (χ1n) is 4.72. The number of carboxylic acid groups (broad SMARTS) is 1. The number of aliphatic hydroxyl groups excluding tert-OH is 1. The van der Waals surface area contributed by atoms with Crippen LogP contribution in [-0.2, 0) is 4.79 Å². The maximum absolute atomic E-state index is 10.1. The van der Waals surface area contributed by atoms with Crippen molar-refractivity contribution < 1.29 is 15.0 Å². The molecule has 0 aliphatic carbocycles. The highest BCUT2D eigenvalue weighted by Gasteiger charge is 1.93. The van der Waals surface area contributed by atoms with Crippen molar-refractivity contribution in [2.24, 2.45) is 0 Å². The molecule has 0 amide bonds. The van der Waals surface area contributed by atoms with Crippen molar-refractivity contribution in [3.63, 3.8) is 0 Å². The lowest BCUT2D eigenvalue weighted by Gasteiger charge is -2.05. The lowest BCUT2D eigenvalue weighted by atomic mass is 10.5. The van der Waals surface area contributed by atoms with E-state index in [4.69, 9.17) is 10.2 Å². The summed E-state index contributed by atoms with van der Waals surface area (Å²) in [5.74, 6) is -0.838. The highest BCUT2D eigenvalue weighted by Crippen LogP contribution is 1.63. The number of rotatable bonds is 10. The van der Waals surface area contributed by atoms with Crippen molar-refractivity contribution >= 4 is 5.97 Å². The fourth-order valence-corrected chi connectivity index (χ4v) is 0.878. The fourth-order valence-electron chi connectivity index (χ4n) is 0.878. The smallest absolute Gasteiger partial charge is 0.317 e. The Kier molecular flexibility index (Phi) is 9.88. The van der Waals surface area contributed by atoms with Gasteiger partial charge in [-0.05, 0) is 0 Å². The summed E-state index contributed by atoms with van der Waals surface area (Å²) < 4.78 is 0. The SMILES string of the molecule is O=C(O)CNCCNCCNCCO. The molecule has 0 spiro atoms. The molecular formula is C8H19N3O3. The summed E-state index contributed by atoms with van der Waals surface area (Å²) in [5.41, 5.74) is 0.